The Morgan fingerprint density at radius 3 is 2.53 bits per heavy atom. The molecule has 0 radical (unpaired) electrons. The number of furan rings is 1. The minimum absolute atomic E-state index is 0.0475. The van der Waals surface area contributed by atoms with E-state index < -0.39 is 17.7 Å². The molecular weight excluding hydrogens is 438 g/mol. The molecule has 1 atom stereocenters. The summed E-state index contributed by atoms with van der Waals surface area (Å²) in [7, 11) is 2.96. The van der Waals surface area contributed by atoms with Gasteiger partial charge in [0.25, 0.3) is 11.7 Å². The number of ketones is 1. The Hall–Kier alpha value is -4.20. The lowest BCUT2D eigenvalue weighted by molar-refractivity contribution is -0.140. The molecule has 8 nitrogen and oxygen atoms in total. The number of aliphatic hydroxyl groups excluding tert-OH is 1. The van der Waals surface area contributed by atoms with Crippen LogP contribution in [0.25, 0.3) is 5.76 Å². The van der Waals surface area contributed by atoms with E-state index in [2.05, 4.69) is 0 Å². The Morgan fingerprint density at radius 2 is 1.85 bits per heavy atom. The molecule has 8 heteroatoms. The van der Waals surface area contributed by atoms with Crippen molar-refractivity contribution in [2.24, 2.45) is 0 Å². The van der Waals surface area contributed by atoms with Crippen molar-refractivity contribution in [1.29, 1.82) is 0 Å². The summed E-state index contributed by atoms with van der Waals surface area (Å²) in [4.78, 5) is 27.8. The van der Waals surface area contributed by atoms with Gasteiger partial charge in [-0.2, -0.15) is 0 Å². The van der Waals surface area contributed by atoms with Crippen LogP contribution in [-0.4, -0.2) is 42.5 Å². The minimum atomic E-state index is -0.864. The van der Waals surface area contributed by atoms with E-state index in [0.717, 1.165) is 0 Å². The van der Waals surface area contributed by atoms with Crippen LogP contribution in [0.15, 0.2) is 70.9 Å². The maximum atomic E-state index is 13.2. The number of methoxy groups -OCH3 is 2. The first-order chi connectivity index (χ1) is 16.5. The van der Waals surface area contributed by atoms with Crippen LogP contribution in [0.4, 0.5) is 0 Å². The maximum Gasteiger partial charge on any atom is 0.296 e. The highest BCUT2D eigenvalue weighted by Gasteiger charge is 2.46. The number of ether oxygens (including phenoxy) is 3. The SMILES string of the molecule is CCOc1cccc(C2/C(=C(/O)c3ccc(OC)cc3OC)C(=O)C(=O)N2Cc2ccco2)c1. The third-order valence-corrected chi connectivity index (χ3v) is 5.59. The molecule has 3 aromatic rings. The van der Waals surface area contributed by atoms with Gasteiger partial charge in [0.2, 0.25) is 0 Å². The number of nitrogens with zero attached hydrogens (tertiary/aromatic N) is 1. The molecule has 1 N–H and O–H groups in total. The standard InChI is InChI=1S/C26H25NO7/c1-4-33-18-8-5-7-16(13-18)23-22(24(28)20-11-10-17(31-2)14-21(20)32-3)25(29)26(30)27(23)15-19-9-6-12-34-19/h5-14,23,28H,4,15H2,1-3H3/b24-22-. The van der Waals surface area contributed by atoms with E-state index in [1.165, 1.54) is 25.4 Å². The van der Waals surface area contributed by atoms with Crippen LogP contribution in [0.1, 0.15) is 29.9 Å². The first-order valence-corrected chi connectivity index (χ1v) is 10.7. The third kappa shape index (κ3) is 4.22. The number of likely N-dealkylation sites (tertiary alicyclic amines) is 1. The molecule has 0 bridgehead atoms. The molecule has 1 aliphatic rings. The number of hydrogen-bond donors (Lipinski definition) is 1. The van der Waals surface area contributed by atoms with Gasteiger partial charge in [-0.15, -0.1) is 0 Å². The van der Waals surface area contributed by atoms with E-state index >= 15 is 0 Å². The number of rotatable bonds is 8. The van der Waals surface area contributed by atoms with Gasteiger partial charge in [0.05, 0.1) is 50.8 Å². The molecule has 0 aliphatic carbocycles. The number of carbonyl (C=O) groups excluding carboxylic acids is 2. The molecule has 2 heterocycles. The lowest BCUT2D eigenvalue weighted by Crippen LogP contribution is -2.29. The van der Waals surface area contributed by atoms with E-state index in [4.69, 9.17) is 18.6 Å². The van der Waals surface area contributed by atoms with E-state index in [9.17, 15) is 14.7 Å². The van der Waals surface area contributed by atoms with Crippen molar-refractivity contribution >= 4 is 17.4 Å². The highest BCUT2D eigenvalue weighted by molar-refractivity contribution is 6.46. The zero-order valence-electron chi connectivity index (χ0n) is 19.1. The summed E-state index contributed by atoms with van der Waals surface area (Å²) in [5.74, 6) is 0.0432. The average molecular weight is 463 g/mol. The lowest BCUT2D eigenvalue weighted by atomic mass is 9.94. The number of benzene rings is 2. The normalized spacial score (nSPS) is 17.1. The number of carbonyl (C=O) groups is 2. The molecule has 4 rings (SSSR count). The lowest BCUT2D eigenvalue weighted by Gasteiger charge is -2.25. The molecule has 2 aromatic carbocycles. The second kappa shape index (κ2) is 9.74. The number of aliphatic hydroxyl groups is 1. The van der Waals surface area contributed by atoms with Gasteiger partial charge in [-0.25, -0.2) is 0 Å². The Balaban J connectivity index is 1.89. The van der Waals surface area contributed by atoms with Crippen molar-refractivity contribution in [2.45, 2.75) is 19.5 Å². The summed E-state index contributed by atoms with van der Waals surface area (Å²) in [5.41, 5.74) is 0.838. The van der Waals surface area contributed by atoms with Crippen molar-refractivity contribution < 1.29 is 33.3 Å². The van der Waals surface area contributed by atoms with Gasteiger partial charge < -0.3 is 28.6 Å². The smallest absolute Gasteiger partial charge is 0.296 e. The van der Waals surface area contributed by atoms with Gasteiger partial charge in [0.15, 0.2) is 0 Å². The molecule has 1 amide bonds. The Bertz CT molecular complexity index is 1230. The van der Waals surface area contributed by atoms with Gasteiger partial charge in [0.1, 0.15) is 28.8 Å². The van der Waals surface area contributed by atoms with Gasteiger partial charge >= 0.3 is 0 Å². The Kier molecular flexibility index (Phi) is 6.58. The fourth-order valence-electron chi connectivity index (χ4n) is 4.04. The number of amides is 1. The Morgan fingerprint density at radius 1 is 1.03 bits per heavy atom. The van der Waals surface area contributed by atoms with Gasteiger partial charge in [0, 0.05) is 6.07 Å². The summed E-state index contributed by atoms with van der Waals surface area (Å²) in [5, 5.41) is 11.3. The number of hydrogen-bond acceptors (Lipinski definition) is 7. The molecule has 34 heavy (non-hydrogen) atoms. The summed E-state index contributed by atoms with van der Waals surface area (Å²) >= 11 is 0. The van der Waals surface area contributed by atoms with E-state index in [1.807, 2.05) is 6.92 Å². The van der Waals surface area contributed by atoms with Crippen molar-refractivity contribution in [3.63, 3.8) is 0 Å². The Labute approximate surface area is 197 Å². The molecule has 176 valence electrons. The van der Waals surface area contributed by atoms with Gasteiger partial charge in [-0.05, 0) is 48.9 Å². The predicted molar refractivity (Wildman–Crippen MR) is 124 cm³/mol. The van der Waals surface area contributed by atoms with Crippen molar-refractivity contribution in [2.75, 3.05) is 20.8 Å². The second-order valence-electron chi connectivity index (χ2n) is 7.58. The van der Waals surface area contributed by atoms with Crippen LogP contribution in [0.3, 0.4) is 0 Å². The topological polar surface area (TPSA) is 98.4 Å². The van der Waals surface area contributed by atoms with E-state index in [0.29, 0.717) is 35.2 Å². The van der Waals surface area contributed by atoms with Crippen LogP contribution in [0.5, 0.6) is 17.2 Å². The van der Waals surface area contributed by atoms with E-state index in [1.54, 1.807) is 54.6 Å². The molecular formula is C26H25NO7. The zero-order chi connectivity index (χ0) is 24.2. The highest BCUT2D eigenvalue weighted by atomic mass is 16.5. The molecule has 1 fully saturated rings. The molecule has 1 unspecified atom stereocenters. The largest absolute Gasteiger partial charge is 0.507 e. The molecule has 0 spiro atoms. The van der Waals surface area contributed by atoms with Gasteiger partial charge in [-0.1, -0.05) is 12.1 Å². The summed E-state index contributed by atoms with van der Waals surface area (Å²) in [6.45, 7) is 2.38. The summed E-state index contributed by atoms with van der Waals surface area (Å²) < 4.78 is 21.7. The van der Waals surface area contributed by atoms with Crippen LogP contribution in [0, 0.1) is 0 Å². The minimum Gasteiger partial charge on any atom is -0.507 e. The van der Waals surface area contributed by atoms with Crippen molar-refractivity contribution in [3.05, 3.63) is 83.3 Å². The highest BCUT2D eigenvalue weighted by Crippen LogP contribution is 2.42. The average Bonchev–Trinajstić information content (AvgIpc) is 3.46. The molecule has 1 aliphatic heterocycles. The van der Waals surface area contributed by atoms with E-state index in [-0.39, 0.29) is 23.4 Å². The summed E-state index contributed by atoms with van der Waals surface area (Å²) in [6, 6.07) is 14.5. The predicted octanol–water partition coefficient (Wildman–Crippen LogP) is 4.32. The van der Waals surface area contributed by atoms with Crippen molar-refractivity contribution in [1.82, 2.24) is 4.90 Å². The fraction of sp³-hybridized carbons (Fsp3) is 0.231. The third-order valence-electron chi connectivity index (χ3n) is 5.59. The number of Topliss-reactive ketones (excluding diaryl/α,β-unsaturated/α-hetero) is 1. The first-order valence-electron chi connectivity index (χ1n) is 10.7. The summed E-state index contributed by atoms with van der Waals surface area (Å²) in [6.07, 6.45) is 1.50. The first kappa shape index (κ1) is 23.0. The molecule has 1 saturated heterocycles. The monoisotopic (exact) mass is 463 g/mol. The second-order valence-corrected chi connectivity index (χ2v) is 7.58. The zero-order valence-corrected chi connectivity index (χ0v) is 19.1. The van der Waals surface area contributed by atoms with Crippen LogP contribution in [0.2, 0.25) is 0 Å². The van der Waals surface area contributed by atoms with Crippen LogP contribution >= 0.6 is 0 Å². The maximum absolute atomic E-state index is 13.2. The molecule has 1 aromatic heterocycles. The van der Waals surface area contributed by atoms with Crippen LogP contribution < -0.4 is 14.2 Å². The van der Waals surface area contributed by atoms with Gasteiger partial charge in [-0.3, -0.25) is 9.59 Å². The fourth-order valence-corrected chi connectivity index (χ4v) is 4.04. The van der Waals surface area contributed by atoms with Crippen LogP contribution in [-0.2, 0) is 16.1 Å². The van der Waals surface area contributed by atoms with Crippen molar-refractivity contribution in [3.8, 4) is 17.2 Å². The molecule has 0 saturated carbocycles. The quantitative estimate of drug-likeness (QED) is 0.302.